The summed E-state index contributed by atoms with van der Waals surface area (Å²) in [6.07, 6.45) is 1.34. The van der Waals surface area contributed by atoms with E-state index in [1.165, 1.54) is 6.20 Å². The second kappa shape index (κ2) is 5.32. The van der Waals surface area contributed by atoms with Gasteiger partial charge in [0, 0.05) is 0 Å². The Hall–Kier alpha value is -1.75. The van der Waals surface area contributed by atoms with Crippen LogP contribution in [0.4, 0.5) is 0 Å². The molecule has 6 heteroatoms. The predicted molar refractivity (Wildman–Crippen MR) is 78.6 cm³/mol. The first kappa shape index (κ1) is 13.2. The van der Waals surface area contributed by atoms with Crippen molar-refractivity contribution in [2.75, 3.05) is 0 Å². The number of hydrogen-bond donors (Lipinski definition) is 0. The van der Waals surface area contributed by atoms with Gasteiger partial charge in [-0.05, 0) is 0 Å². The van der Waals surface area contributed by atoms with Crippen molar-refractivity contribution in [3.05, 3.63) is 60.8 Å². The van der Waals surface area contributed by atoms with Gasteiger partial charge >= 0.3 is 122 Å². The molecule has 0 radical (unpaired) electrons. The molecule has 0 amide bonds. The number of rotatable bonds is 3. The summed E-state index contributed by atoms with van der Waals surface area (Å²) in [5.41, 5.74) is 1.29. The van der Waals surface area contributed by atoms with Gasteiger partial charge in [-0.15, -0.1) is 0 Å². The summed E-state index contributed by atoms with van der Waals surface area (Å²) in [7, 11) is -3.42. The van der Waals surface area contributed by atoms with Crippen molar-refractivity contribution in [1.29, 1.82) is 0 Å². The molecular weight excluding hydrogens is 339 g/mol. The topological polar surface area (TPSA) is 59.9 Å². The van der Waals surface area contributed by atoms with Gasteiger partial charge in [0.15, 0.2) is 0 Å². The number of aromatic nitrogens is 2. The minimum atomic E-state index is -3.42. The Labute approximate surface area is 122 Å². The summed E-state index contributed by atoms with van der Waals surface area (Å²) in [6, 6.07) is 16.4. The summed E-state index contributed by atoms with van der Waals surface area (Å²) < 4.78 is 25.5. The number of nitrogens with zero attached hydrogens (tertiary/aromatic N) is 2. The molecule has 0 N–H and O–H groups in total. The standard InChI is InChI=1S/C14H10N2O2SSe/c17-19(18,20-11-6-2-1-3-7-11)14-10-15-12-8-4-5-9-13(12)16-14/h1-10H. The van der Waals surface area contributed by atoms with E-state index in [1.807, 2.05) is 42.5 Å². The second-order valence-electron chi connectivity index (χ2n) is 4.05. The Balaban J connectivity index is 2.01. The zero-order chi connectivity index (χ0) is 14.0. The van der Waals surface area contributed by atoms with Crippen LogP contribution in [0, 0.1) is 0 Å². The Morgan fingerprint density at radius 1 is 0.850 bits per heavy atom. The van der Waals surface area contributed by atoms with Gasteiger partial charge in [-0.1, -0.05) is 0 Å². The molecule has 0 aliphatic rings. The van der Waals surface area contributed by atoms with E-state index in [-0.39, 0.29) is 5.03 Å². The average Bonchev–Trinajstić information content (AvgIpc) is 2.47. The van der Waals surface area contributed by atoms with Crippen LogP contribution in [0.5, 0.6) is 0 Å². The molecule has 0 saturated heterocycles. The van der Waals surface area contributed by atoms with E-state index in [2.05, 4.69) is 9.97 Å². The maximum atomic E-state index is 12.4. The molecule has 0 atom stereocenters. The van der Waals surface area contributed by atoms with Gasteiger partial charge < -0.3 is 0 Å². The zero-order valence-corrected chi connectivity index (χ0v) is 12.8. The van der Waals surface area contributed by atoms with E-state index in [0.29, 0.717) is 11.0 Å². The molecule has 3 aromatic rings. The Kier molecular flexibility index (Phi) is 3.53. The Morgan fingerprint density at radius 2 is 1.50 bits per heavy atom. The van der Waals surface area contributed by atoms with E-state index in [1.54, 1.807) is 12.1 Å². The fraction of sp³-hybridized carbons (Fsp3) is 0. The third-order valence-electron chi connectivity index (χ3n) is 2.63. The van der Waals surface area contributed by atoms with Crippen molar-refractivity contribution in [3.63, 3.8) is 0 Å². The number of benzene rings is 2. The van der Waals surface area contributed by atoms with Crippen LogP contribution >= 0.6 is 0 Å². The molecule has 0 unspecified atom stereocenters. The van der Waals surface area contributed by atoms with Gasteiger partial charge in [-0.3, -0.25) is 0 Å². The van der Waals surface area contributed by atoms with Gasteiger partial charge in [-0.25, -0.2) is 0 Å². The van der Waals surface area contributed by atoms with Crippen molar-refractivity contribution < 1.29 is 8.42 Å². The van der Waals surface area contributed by atoms with Crippen molar-refractivity contribution in [2.45, 2.75) is 5.03 Å². The number of para-hydroxylation sites is 2. The SMILES string of the molecule is O=S(=O)([Se]c1ccccc1)c1cnc2ccccc2n1. The summed E-state index contributed by atoms with van der Waals surface area (Å²) in [4.78, 5) is 8.37. The third-order valence-corrected chi connectivity index (χ3v) is 7.99. The third kappa shape index (κ3) is 2.72. The van der Waals surface area contributed by atoms with Crippen LogP contribution in [0.25, 0.3) is 11.0 Å². The molecule has 0 spiro atoms. The first-order chi connectivity index (χ1) is 9.65. The van der Waals surface area contributed by atoms with Gasteiger partial charge in [0.25, 0.3) is 0 Å². The summed E-state index contributed by atoms with van der Waals surface area (Å²) >= 11 is -0.703. The van der Waals surface area contributed by atoms with Crippen LogP contribution < -0.4 is 4.46 Å². The molecule has 2 aromatic carbocycles. The molecular formula is C14H10N2O2SSe. The van der Waals surface area contributed by atoms with E-state index in [4.69, 9.17) is 0 Å². The van der Waals surface area contributed by atoms with E-state index in [9.17, 15) is 8.42 Å². The average molecular weight is 349 g/mol. The van der Waals surface area contributed by atoms with Crippen molar-refractivity contribution >= 4 is 37.6 Å². The molecule has 0 bridgehead atoms. The maximum absolute atomic E-state index is 12.4. The van der Waals surface area contributed by atoms with E-state index in [0.717, 1.165) is 4.46 Å². The van der Waals surface area contributed by atoms with Gasteiger partial charge in [0.1, 0.15) is 0 Å². The predicted octanol–water partition coefficient (Wildman–Crippen LogP) is 1.35. The van der Waals surface area contributed by atoms with Crippen LogP contribution in [0.3, 0.4) is 0 Å². The molecule has 0 aliphatic heterocycles. The quantitative estimate of drug-likeness (QED) is 0.670. The molecule has 20 heavy (non-hydrogen) atoms. The van der Waals surface area contributed by atoms with Crippen LogP contribution in [0.15, 0.2) is 65.8 Å². The van der Waals surface area contributed by atoms with E-state index >= 15 is 0 Å². The van der Waals surface area contributed by atoms with Crippen molar-refractivity contribution in [3.8, 4) is 0 Å². The van der Waals surface area contributed by atoms with Gasteiger partial charge in [0.05, 0.1) is 0 Å². The van der Waals surface area contributed by atoms with Gasteiger partial charge in [0.2, 0.25) is 0 Å². The Bertz CT molecular complexity index is 851. The minimum absolute atomic E-state index is 0.0417. The molecule has 0 fully saturated rings. The summed E-state index contributed by atoms with van der Waals surface area (Å²) in [5.74, 6) is 0. The fourth-order valence-electron chi connectivity index (χ4n) is 1.71. The van der Waals surface area contributed by atoms with Crippen LogP contribution in [-0.2, 0) is 8.26 Å². The molecule has 0 aliphatic carbocycles. The molecule has 1 heterocycles. The molecule has 0 saturated carbocycles. The monoisotopic (exact) mass is 350 g/mol. The number of hydrogen-bond acceptors (Lipinski definition) is 4. The molecule has 1 aromatic heterocycles. The normalized spacial score (nSPS) is 11.6. The Morgan fingerprint density at radius 3 is 2.25 bits per heavy atom. The zero-order valence-electron chi connectivity index (χ0n) is 10.3. The molecule has 100 valence electrons. The van der Waals surface area contributed by atoms with E-state index < -0.39 is 22.1 Å². The van der Waals surface area contributed by atoms with Crippen LogP contribution in [0.2, 0.25) is 0 Å². The van der Waals surface area contributed by atoms with Crippen molar-refractivity contribution in [1.82, 2.24) is 9.97 Å². The first-order valence-corrected chi connectivity index (χ1v) is 10.2. The molecule has 4 nitrogen and oxygen atoms in total. The van der Waals surface area contributed by atoms with Crippen LogP contribution in [0.1, 0.15) is 0 Å². The van der Waals surface area contributed by atoms with Crippen molar-refractivity contribution in [2.24, 2.45) is 0 Å². The second-order valence-corrected chi connectivity index (χ2v) is 10.3. The first-order valence-electron chi connectivity index (χ1n) is 5.86. The van der Waals surface area contributed by atoms with Crippen LogP contribution in [-0.4, -0.2) is 32.2 Å². The summed E-state index contributed by atoms with van der Waals surface area (Å²) in [5, 5.41) is 0.0417. The number of fused-ring (bicyclic) bond motifs is 1. The van der Waals surface area contributed by atoms with Gasteiger partial charge in [-0.2, -0.15) is 0 Å². The fourth-order valence-corrected chi connectivity index (χ4v) is 6.21. The molecule has 3 rings (SSSR count). The summed E-state index contributed by atoms with van der Waals surface area (Å²) in [6.45, 7) is 0.